The summed E-state index contributed by atoms with van der Waals surface area (Å²) in [5.41, 5.74) is 5.25. The highest BCUT2D eigenvalue weighted by Crippen LogP contribution is 2.21. The molecule has 0 amide bonds. The first kappa shape index (κ1) is 12.3. The van der Waals surface area contributed by atoms with E-state index in [1.54, 1.807) is 6.20 Å². The second-order valence-electron chi connectivity index (χ2n) is 3.99. The van der Waals surface area contributed by atoms with Gasteiger partial charge in [-0.3, -0.25) is 0 Å². The molecular formula is C12H14F2N4. The summed E-state index contributed by atoms with van der Waals surface area (Å²) in [5, 5.41) is 2.72. The molecule has 4 nitrogen and oxygen atoms in total. The van der Waals surface area contributed by atoms with Crippen LogP contribution in [0, 0.1) is 11.6 Å². The summed E-state index contributed by atoms with van der Waals surface area (Å²) in [6.07, 6.45) is 4.08. The van der Waals surface area contributed by atoms with Crippen molar-refractivity contribution in [3.8, 4) is 0 Å². The van der Waals surface area contributed by atoms with E-state index in [1.807, 2.05) is 17.8 Å². The van der Waals surface area contributed by atoms with Crippen molar-refractivity contribution in [2.45, 2.75) is 6.42 Å². The third-order valence-corrected chi connectivity index (χ3v) is 2.64. The molecule has 1 aromatic heterocycles. The predicted octanol–water partition coefficient (Wildman–Crippen LogP) is 1.94. The summed E-state index contributed by atoms with van der Waals surface area (Å²) in [4.78, 5) is 4.12. The maximum atomic E-state index is 13.5. The topological polar surface area (TPSA) is 55.9 Å². The lowest BCUT2D eigenvalue weighted by atomic mass is 10.2. The van der Waals surface area contributed by atoms with Crippen molar-refractivity contribution in [3.63, 3.8) is 0 Å². The monoisotopic (exact) mass is 252 g/mol. The molecule has 3 N–H and O–H groups in total. The molecule has 0 saturated carbocycles. The summed E-state index contributed by atoms with van der Waals surface area (Å²) in [5.74, 6) is -0.529. The normalized spacial score (nSPS) is 10.6. The van der Waals surface area contributed by atoms with Crippen LogP contribution < -0.4 is 11.1 Å². The molecule has 0 aliphatic heterocycles. The first-order valence-corrected chi connectivity index (χ1v) is 5.52. The Bertz CT molecular complexity index is 528. The summed E-state index contributed by atoms with van der Waals surface area (Å²) in [7, 11) is 1.87. The standard InChI is InChI=1S/C12H14F2N4/c1-18-5-4-16-11(18)2-3-17-12-9(13)6-8(15)7-10(12)14/h4-7,17H,2-3,15H2,1H3. The number of hydrogen-bond acceptors (Lipinski definition) is 3. The zero-order valence-electron chi connectivity index (χ0n) is 9.95. The van der Waals surface area contributed by atoms with Crippen LogP contribution in [0.3, 0.4) is 0 Å². The van der Waals surface area contributed by atoms with Gasteiger partial charge in [0.05, 0.1) is 0 Å². The summed E-state index contributed by atoms with van der Waals surface area (Å²) >= 11 is 0. The molecule has 96 valence electrons. The van der Waals surface area contributed by atoms with Gasteiger partial charge in [-0.1, -0.05) is 0 Å². The molecule has 2 aromatic rings. The molecule has 2 rings (SSSR count). The van der Waals surface area contributed by atoms with Crippen LogP contribution in [0.15, 0.2) is 24.5 Å². The van der Waals surface area contributed by atoms with Crippen molar-refractivity contribution in [3.05, 3.63) is 42.0 Å². The van der Waals surface area contributed by atoms with Crippen molar-refractivity contribution in [2.75, 3.05) is 17.6 Å². The highest BCUT2D eigenvalue weighted by atomic mass is 19.1. The van der Waals surface area contributed by atoms with Crippen LogP contribution in [-0.4, -0.2) is 16.1 Å². The highest BCUT2D eigenvalue weighted by Gasteiger charge is 2.10. The third kappa shape index (κ3) is 2.58. The minimum atomic E-state index is -0.688. The lowest BCUT2D eigenvalue weighted by molar-refractivity contribution is 0.588. The van der Waals surface area contributed by atoms with Gasteiger partial charge in [0, 0.05) is 38.1 Å². The van der Waals surface area contributed by atoms with E-state index < -0.39 is 11.6 Å². The largest absolute Gasteiger partial charge is 0.399 e. The Morgan fingerprint density at radius 1 is 1.33 bits per heavy atom. The smallest absolute Gasteiger partial charge is 0.151 e. The fourth-order valence-corrected chi connectivity index (χ4v) is 1.70. The minimum Gasteiger partial charge on any atom is -0.399 e. The Balaban J connectivity index is 2.01. The first-order valence-electron chi connectivity index (χ1n) is 5.52. The Hall–Kier alpha value is -2.11. The molecule has 18 heavy (non-hydrogen) atoms. The lowest BCUT2D eigenvalue weighted by Crippen LogP contribution is -2.11. The van der Waals surface area contributed by atoms with E-state index in [-0.39, 0.29) is 11.4 Å². The van der Waals surface area contributed by atoms with E-state index in [0.717, 1.165) is 18.0 Å². The van der Waals surface area contributed by atoms with Crippen molar-refractivity contribution in [2.24, 2.45) is 7.05 Å². The average molecular weight is 252 g/mol. The zero-order chi connectivity index (χ0) is 13.1. The number of nitrogens with two attached hydrogens (primary N) is 1. The minimum absolute atomic E-state index is 0.0691. The number of nitrogens with one attached hydrogen (secondary N) is 1. The van der Waals surface area contributed by atoms with Crippen LogP contribution in [0.5, 0.6) is 0 Å². The molecule has 6 heteroatoms. The highest BCUT2D eigenvalue weighted by molar-refractivity contribution is 5.54. The molecular weight excluding hydrogens is 238 g/mol. The number of imidazole rings is 1. The molecule has 0 saturated heterocycles. The van der Waals surface area contributed by atoms with Gasteiger partial charge in [0.1, 0.15) is 11.5 Å². The number of hydrogen-bond donors (Lipinski definition) is 2. The van der Waals surface area contributed by atoms with Crippen LogP contribution in [0.4, 0.5) is 20.2 Å². The average Bonchev–Trinajstić information content (AvgIpc) is 2.68. The number of anilines is 2. The van der Waals surface area contributed by atoms with Gasteiger partial charge in [0.2, 0.25) is 0 Å². The molecule has 0 bridgehead atoms. The maximum absolute atomic E-state index is 13.5. The van der Waals surface area contributed by atoms with Crippen molar-refractivity contribution in [1.82, 2.24) is 9.55 Å². The van der Waals surface area contributed by atoms with Crippen LogP contribution in [0.1, 0.15) is 5.82 Å². The van der Waals surface area contributed by atoms with E-state index in [4.69, 9.17) is 5.73 Å². The number of halogens is 2. The molecule has 1 heterocycles. The van der Waals surface area contributed by atoms with E-state index in [1.165, 1.54) is 0 Å². The van der Waals surface area contributed by atoms with Crippen molar-refractivity contribution >= 4 is 11.4 Å². The lowest BCUT2D eigenvalue weighted by Gasteiger charge is -2.09. The fraction of sp³-hybridized carbons (Fsp3) is 0.250. The number of aryl methyl sites for hydroxylation is 1. The van der Waals surface area contributed by atoms with E-state index in [0.29, 0.717) is 13.0 Å². The summed E-state index contributed by atoms with van der Waals surface area (Å²) in [6.45, 7) is 0.391. The van der Waals surface area contributed by atoms with Crippen molar-refractivity contribution < 1.29 is 8.78 Å². The van der Waals surface area contributed by atoms with Crippen LogP contribution >= 0.6 is 0 Å². The first-order chi connectivity index (χ1) is 8.58. The Morgan fingerprint density at radius 3 is 2.56 bits per heavy atom. The van der Waals surface area contributed by atoms with Gasteiger partial charge in [-0.25, -0.2) is 13.8 Å². The van der Waals surface area contributed by atoms with Gasteiger partial charge in [0.25, 0.3) is 0 Å². The van der Waals surface area contributed by atoms with Crippen LogP contribution in [0.25, 0.3) is 0 Å². The number of rotatable bonds is 4. The molecule has 0 atom stereocenters. The second kappa shape index (κ2) is 5.03. The third-order valence-electron chi connectivity index (χ3n) is 2.64. The molecule has 0 aliphatic carbocycles. The number of aromatic nitrogens is 2. The fourth-order valence-electron chi connectivity index (χ4n) is 1.70. The van der Waals surface area contributed by atoms with E-state index >= 15 is 0 Å². The van der Waals surface area contributed by atoms with Gasteiger partial charge in [-0.15, -0.1) is 0 Å². The summed E-state index contributed by atoms with van der Waals surface area (Å²) in [6, 6.07) is 2.18. The molecule has 1 aromatic carbocycles. The Morgan fingerprint density at radius 2 is 2.00 bits per heavy atom. The van der Waals surface area contributed by atoms with Gasteiger partial charge in [-0.2, -0.15) is 0 Å². The van der Waals surface area contributed by atoms with Gasteiger partial charge < -0.3 is 15.6 Å². The number of nitrogens with zero attached hydrogens (tertiary/aromatic N) is 2. The van der Waals surface area contributed by atoms with E-state index in [2.05, 4.69) is 10.3 Å². The van der Waals surface area contributed by atoms with Gasteiger partial charge in [-0.05, 0) is 12.1 Å². The molecule has 0 unspecified atom stereocenters. The summed E-state index contributed by atoms with van der Waals surface area (Å²) < 4.78 is 28.8. The van der Waals surface area contributed by atoms with Gasteiger partial charge in [0.15, 0.2) is 11.6 Å². The number of benzene rings is 1. The molecule has 0 radical (unpaired) electrons. The van der Waals surface area contributed by atoms with Gasteiger partial charge >= 0.3 is 0 Å². The Labute approximate surface area is 103 Å². The number of nitrogen functional groups attached to an aromatic ring is 1. The zero-order valence-corrected chi connectivity index (χ0v) is 9.95. The van der Waals surface area contributed by atoms with E-state index in [9.17, 15) is 8.78 Å². The molecule has 0 aliphatic rings. The SMILES string of the molecule is Cn1ccnc1CCNc1c(F)cc(N)cc1F. The predicted molar refractivity (Wildman–Crippen MR) is 66.2 cm³/mol. The molecule has 0 spiro atoms. The quantitative estimate of drug-likeness (QED) is 0.817. The van der Waals surface area contributed by atoms with Crippen molar-refractivity contribution in [1.29, 1.82) is 0 Å². The second-order valence-corrected chi connectivity index (χ2v) is 3.99. The maximum Gasteiger partial charge on any atom is 0.151 e. The Kier molecular flexibility index (Phi) is 3.45. The van der Waals surface area contributed by atoms with Crippen LogP contribution in [0.2, 0.25) is 0 Å². The van der Waals surface area contributed by atoms with Crippen LogP contribution in [-0.2, 0) is 13.5 Å². The molecule has 0 fully saturated rings.